The monoisotopic (exact) mass is 170 g/mol. The number of rotatable bonds is 2. The molecule has 1 fully saturated rings. The molecule has 1 saturated heterocycles. The maximum absolute atomic E-state index is 5.59. The van der Waals surface area contributed by atoms with Gasteiger partial charge in [0.25, 0.3) is 0 Å². The van der Waals surface area contributed by atoms with Crippen LogP contribution < -0.4 is 11.1 Å². The van der Waals surface area contributed by atoms with E-state index in [0.717, 1.165) is 13.0 Å². The summed E-state index contributed by atoms with van der Waals surface area (Å²) in [4.78, 5) is 0. The van der Waals surface area contributed by atoms with Gasteiger partial charge in [0.1, 0.15) is 0 Å². The zero-order valence-corrected chi connectivity index (χ0v) is 8.61. The van der Waals surface area contributed by atoms with Gasteiger partial charge in [-0.1, -0.05) is 0 Å². The van der Waals surface area contributed by atoms with E-state index in [1.165, 1.54) is 19.3 Å². The summed E-state index contributed by atoms with van der Waals surface area (Å²) in [5.74, 6) is 0. The van der Waals surface area contributed by atoms with Crippen LogP contribution in [0.25, 0.3) is 0 Å². The summed E-state index contributed by atoms with van der Waals surface area (Å²) in [7, 11) is 0. The summed E-state index contributed by atoms with van der Waals surface area (Å²) in [5.41, 5.74) is 6.19. The number of nitrogens with one attached hydrogen (secondary N) is 1. The molecule has 3 N–H and O–H groups in total. The molecule has 0 spiro atoms. The summed E-state index contributed by atoms with van der Waals surface area (Å²) in [6.45, 7) is 7.64. The summed E-state index contributed by atoms with van der Waals surface area (Å²) in [5, 5.41) is 3.69. The van der Waals surface area contributed by atoms with Crippen molar-refractivity contribution in [1.82, 2.24) is 5.32 Å². The van der Waals surface area contributed by atoms with Crippen molar-refractivity contribution in [3.63, 3.8) is 0 Å². The van der Waals surface area contributed by atoms with Crippen molar-refractivity contribution >= 4 is 0 Å². The van der Waals surface area contributed by atoms with E-state index < -0.39 is 0 Å². The first kappa shape index (κ1) is 10.0. The second-order valence-corrected chi connectivity index (χ2v) is 4.96. The third-order valence-electron chi connectivity index (χ3n) is 2.87. The van der Waals surface area contributed by atoms with Gasteiger partial charge < -0.3 is 11.1 Å². The Morgan fingerprint density at radius 3 is 2.42 bits per heavy atom. The Labute approximate surface area is 75.9 Å². The van der Waals surface area contributed by atoms with Gasteiger partial charge in [-0.3, -0.25) is 0 Å². The quantitative estimate of drug-likeness (QED) is 0.661. The molecule has 1 unspecified atom stereocenters. The SMILES string of the molecule is CC1(C)CCCC(C)(CCN)N1. The summed E-state index contributed by atoms with van der Waals surface area (Å²) in [6.07, 6.45) is 4.98. The fourth-order valence-electron chi connectivity index (χ4n) is 2.37. The van der Waals surface area contributed by atoms with E-state index in [9.17, 15) is 0 Å². The Morgan fingerprint density at radius 2 is 1.92 bits per heavy atom. The summed E-state index contributed by atoms with van der Waals surface area (Å²) >= 11 is 0. The summed E-state index contributed by atoms with van der Waals surface area (Å²) < 4.78 is 0. The van der Waals surface area contributed by atoms with Gasteiger partial charge in [-0.05, 0) is 53.0 Å². The normalized spacial score (nSPS) is 35.0. The van der Waals surface area contributed by atoms with Crippen LogP contribution in [0.5, 0.6) is 0 Å². The van der Waals surface area contributed by atoms with E-state index in [1.807, 2.05) is 0 Å². The molecule has 0 saturated carbocycles. The minimum Gasteiger partial charge on any atom is -0.330 e. The third kappa shape index (κ3) is 2.46. The van der Waals surface area contributed by atoms with Gasteiger partial charge >= 0.3 is 0 Å². The number of piperidine rings is 1. The van der Waals surface area contributed by atoms with Crippen LogP contribution in [0, 0.1) is 0 Å². The first-order valence-electron chi connectivity index (χ1n) is 4.97. The first-order valence-corrected chi connectivity index (χ1v) is 4.97. The highest BCUT2D eigenvalue weighted by Crippen LogP contribution is 2.29. The van der Waals surface area contributed by atoms with Crippen molar-refractivity contribution in [3.8, 4) is 0 Å². The second kappa shape index (κ2) is 3.35. The van der Waals surface area contributed by atoms with Crippen LogP contribution in [-0.2, 0) is 0 Å². The molecule has 0 aromatic heterocycles. The largest absolute Gasteiger partial charge is 0.330 e. The van der Waals surface area contributed by atoms with Gasteiger partial charge in [0.15, 0.2) is 0 Å². The van der Waals surface area contributed by atoms with E-state index in [2.05, 4.69) is 26.1 Å². The highest BCUT2D eigenvalue weighted by atomic mass is 15.1. The van der Waals surface area contributed by atoms with Gasteiger partial charge in [-0.15, -0.1) is 0 Å². The highest BCUT2D eigenvalue weighted by molar-refractivity contribution is 4.95. The summed E-state index contributed by atoms with van der Waals surface area (Å²) in [6, 6.07) is 0. The third-order valence-corrected chi connectivity index (χ3v) is 2.87. The molecule has 1 aliphatic heterocycles. The van der Waals surface area contributed by atoms with E-state index in [0.29, 0.717) is 5.54 Å². The van der Waals surface area contributed by atoms with Gasteiger partial charge in [0.05, 0.1) is 0 Å². The zero-order chi connectivity index (χ0) is 9.24. The molecule has 1 rings (SSSR count). The minimum absolute atomic E-state index is 0.288. The standard InChI is InChI=1S/C10H22N2/c1-9(2)5-4-6-10(3,12-9)7-8-11/h12H,4-8,11H2,1-3H3. The van der Waals surface area contributed by atoms with Crippen molar-refractivity contribution in [3.05, 3.63) is 0 Å². The van der Waals surface area contributed by atoms with Crippen LogP contribution in [0.3, 0.4) is 0 Å². The average molecular weight is 170 g/mol. The Bertz CT molecular complexity index is 150. The molecule has 0 amide bonds. The van der Waals surface area contributed by atoms with Crippen LogP contribution in [0.15, 0.2) is 0 Å². The number of hydrogen-bond acceptors (Lipinski definition) is 2. The molecule has 0 aromatic carbocycles. The van der Waals surface area contributed by atoms with Crippen molar-refractivity contribution in [1.29, 1.82) is 0 Å². The lowest BCUT2D eigenvalue weighted by atomic mass is 9.80. The van der Waals surface area contributed by atoms with Crippen LogP contribution in [0.1, 0.15) is 46.5 Å². The maximum atomic E-state index is 5.59. The van der Waals surface area contributed by atoms with Crippen molar-refractivity contribution in [2.45, 2.75) is 57.5 Å². The van der Waals surface area contributed by atoms with Crippen LogP contribution >= 0.6 is 0 Å². The fraction of sp³-hybridized carbons (Fsp3) is 1.00. The molecule has 0 bridgehead atoms. The van der Waals surface area contributed by atoms with E-state index in [1.54, 1.807) is 0 Å². The lowest BCUT2D eigenvalue weighted by molar-refractivity contribution is 0.160. The van der Waals surface area contributed by atoms with Crippen LogP contribution in [-0.4, -0.2) is 17.6 Å². The first-order chi connectivity index (χ1) is 5.47. The smallest absolute Gasteiger partial charge is 0.0170 e. The van der Waals surface area contributed by atoms with Crippen LogP contribution in [0.4, 0.5) is 0 Å². The lowest BCUT2D eigenvalue weighted by Crippen LogP contribution is -2.57. The molecular weight excluding hydrogens is 148 g/mol. The van der Waals surface area contributed by atoms with Crippen molar-refractivity contribution < 1.29 is 0 Å². The van der Waals surface area contributed by atoms with Crippen molar-refractivity contribution in [2.24, 2.45) is 5.73 Å². The Kier molecular flexibility index (Phi) is 2.79. The predicted octanol–water partition coefficient (Wildman–Crippen LogP) is 1.65. The van der Waals surface area contributed by atoms with Gasteiger partial charge in [-0.25, -0.2) is 0 Å². The van der Waals surface area contributed by atoms with Crippen molar-refractivity contribution in [2.75, 3.05) is 6.54 Å². The Hall–Kier alpha value is -0.0800. The zero-order valence-electron chi connectivity index (χ0n) is 8.61. The predicted molar refractivity (Wildman–Crippen MR) is 53.1 cm³/mol. The average Bonchev–Trinajstić information content (AvgIpc) is 1.83. The van der Waals surface area contributed by atoms with Gasteiger partial charge in [0, 0.05) is 11.1 Å². The Balaban J connectivity index is 2.55. The van der Waals surface area contributed by atoms with E-state index in [4.69, 9.17) is 5.73 Å². The topological polar surface area (TPSA) is 38.0 Å². The van der Waals surface area contributed by atoms with E-state index >= 15 is 0 Å². The number of nitrogens with two attached hydrogens (primary N) is 1. The lowest BCUT2D eigenvalue weighted by Gasteiger charge is -2.44. The fourth-order valence-corrected chi connectivity index (χ4v) is 2.37. The number of hydrogen-bond donors (Lipinski definition) is 2. The van der Waals surface area contributed by atoms with Crippen LogP contribution in [0.2, 0.25) is 0 Å². The molecule has 0 radical (unpaired) electrons. The van der Waals surface area contributed by atoms with E-state index in [-0.39, 0.29) is 5.54 Å². The van der Waals surface area contributed by atoms with Gasteiger partial charge in [0.2, 0.25) is 0 Å². The molecule has 2 heteroatoms. The molecule has 0 aromatic rings. The second-order valence-electron chi connectivity index (χ2n) is 4.96. The van der Waals surface area contributed by atoms with Gasteiger partial charge in [-0.2, -0.15) is 0 Å². The highest BCUT2D eigenvalue weighted by Gasteiger charge is 2.34. The molecular formula is C10H22N2. The molecule has 2 nitrogen and oxygen atoms in total. The molecule has 1 atom stereocenters. The maximum Gasteiger partial charge on any atom is 0.0170 e. The molecule has 72 valence electrons. The molecule has 1 aliphatic rings. The Morgan fingerprint density at radius 1 is 1.25 bits per heavy atom. The molecule has 0 aliphatic carbocycles. The minimum atomic E-state index is 0.288. The molecule has 12 heavy (non-hydrogen) atoms. The molecule has 1 heterocycles.